The van der Waals surface area contributed by atoms with Crippen molar-refractivity contribution < 1.29 is 19.4 Å². The highest BCUT2D eigenvalue weighted by Gasteiger charge is 2.17. The minimum atomic E-state index is -0.926. The van der Waals surface area contributed by atoms with Crippen LogP contribution in [0.1, 0.15) is 27.2 Å². The number of urea groups is 1. The van der Waals surface area contributed by atoms with Crippen molar-refractivity contribution >= 4 is 17.7 Å². The SMILES string of the molecule is CC(C)CCOc1cccc(NC(=O)N(C)CC(C)C(=O)O)c1. The number of aliphatic carboxylic acids is 1. The average molecular weight is 322 g/mol. The molecule has 0 saturated carbocycles. The predicted molar refractivity (Wildman–Crippen MR) is 89.8 cm³/mol. The van der Waals surface area contributed by atoms with Gasteiger partial charge in [-0.1, -0.05) is 26.8 Å². The fraction of sp³-hybridized carbons (Fsp3) is 0.529. The zero-order valence-electron chi connectivity index (χ0n) is 14.2. The van der Waals surface area contributed by atoms with E-state index in [9.17, 15) is 9.59 Å². The van der Waals surface area contributed by atoms with Gasteiger partial charge in [-0.15, -0.1) is 0 Å². The zero-order valence-corrected chi connectivity index (χ0v) is 14.2. The molecule has 0 heterocycles. The molecule has 1 rings (SSSR count). The molecule has 2 amide bonds. The molecule has 23 heavy (non-hydrogen) atoms. The van der Waals surface area contributed by atoms with E-state index in [1.54, 1.807) is 32.2 Å². The van der Waals surface area contributed by atoms with Gasteiger partial charge in [0.05, 0.1) is 12.5 Å². The highest BCUT2D eigenvalue weighted by molar-refractivity contribution is 5.89. The molecule has 0 radical (unpaired) electrons. The molecule has 0 bridgehead atoms. The summed E-state index contributed by atoms with van der Waals surface area (Å²) in [6.07, 6.45) is 0.965. The first kappa shape index (κ1) is 18.8. The number of rotatable bonds is 8. The summed E-state index contributed by atoms with van der Waals surface area (Å²) in [5, 5.41) is 11.6. The van der Waals surface area contributed by atoms with Crippen LogP contribution >= 0.6 is 0 Å². The van der Waals surface area contributed by atoms with Gasteiger partial charge in [0, 0.05) is 25.3 Å². The van der Waals surface area contributed by atoms with Crippen LogP contribution in [-0.4, -0.2) is 42.2 Å². The smallest absolute Gasteiger partial charge is 0.321 e. The van der Waals surface area contributed by atoms with Gasteiger partial charge in [0.25, 0.3) is 0 Å². The third-order valence-electron chi connectivity index (χ3n) is 3.37. The Hall–Kier alpha value is -2.24. The molecule has 0 spiro atoms. The van der Waals surface area contributed by atoms with Gasteiger partial charge in [0.15, 0.2) is 0 Å². The van der Waals surface area contributed by atoms with Crippen molar-refractivity contribution in [2.75, 3.05) is 25.5 Å². The van der Waals surface area contributed by atoms with Gasteiger partial charge in [-0.05, 0) is 24.5 Å². The van der Waals surface area contributed by atoms with Crippen LogP contribution in [0.15, 0.2) is 24.3 Å². The predicted octanol–water partition coefficient (Wildman–Crippen LogP) is 3.30. The summed E-state index contributed by atoms with van der Waals surface area (Å²) >= 11 is 0. The summed E-state index contributed by atoms with van der Waals surface area (Å²) in [7, 11) is 1.57. The third kappa shape index (κ3) is 7.04. The second kappa shape index (κ2) is 9.02. The van der Waals surface area contributed by atoms with Gasteiger partial charge in [0.2, 0.25) is 0 Å². The molecule has 1 unspecified atom stereocenters. The van der Waals surface area contributed by atoms with E-state index < -0.39 is 11.9 Å². The number of anilines is 1. The van der Waals surface area contributed by atoms with E-state index in [0.29, 0.717) is 24.0 Å². The number of benzene rings is 1. The number of carboxylic acids is 1. The molecule has 1 atom stereocenters. The Morgan fingerprint density at radius 1 is 1.30 bits per heavy atom. The van der Waals surface area contributed by atoms with Crippen LogP contribution in [0.5, 0.6) is 5.75 Å². The maximum Gasteiger partial charge on any atom is 0.321 e. The minimum Gasteiger partial charge on any atom is -0.494 e. The van der Waals surface area contributed by atoms with E-state index in [-0.39, 0.29) is 12.6 Å². The summed E-state index contributed by atoms with van der Waals surface area (Å²) in [5.41, 5.74) is 0.617. The number of carbonyl (C=O) groups is 2. The van der Waals surface area contributed by atoms with Crippen molar-refractivity contribution in [3.8, 4) is 5.75 Å². The summed E-state index contributed by atoms with van der Waals surface area (Å²) in [5.74, 6) is -0.269. The molecule has 0 aliphatic heterocycles. The lowest BCUT2D eigenvalue weighted by Crippen LogP contribution is -2.36. The van der Waals surface area contributed by atoms with Gasteiger partial charge in [-0.3, -0.25) is 4.79 Å². The van der Waals surface area contributed by atoms with Crippen LogP contribution in [0.25, 0.3) is 0 Å². The number of nitrogens with one attached hydrogen (secondary N) is 1. The normalized spacial score (nSPS) is 11.9. The van der Waals surface area contributed by atoms with Gasteiger partial charge in [-0.25, -0.2) is 4.79 Å². The summed E-state index contributed by atoms with van der Waals surface area (Å²) in [4.78, 5) is 24.3. The molecule has 0 fully saturated rings. The van der Waals surface area contributed by atoms with E-state index in [1.807, 2.05) is 6.07 Å². The number of carbonyl (C=O) groups excluding carboxylic acids is 1. The largest absolute Gasteiger partial charge is 0.494 e. The van der Waals surface area contributed by atoms with E-state index >= 15 is 0 Å². The molecule has 6 nitrogen and oxygen atoms in total. The van der Waals surface area contributed by atoms with E-state index in [1.165, 1.54) is 4.90 Å². The van der Waals surface area contributed by atoms with Gasteiger partial charge >= 0.3 is 12.0 Å². The van der Waals surface area contributed by atoms with E-state index in [4.69, 9.17) is 9.84 Å². The number of hydrogen-bond acceptors (Lipinski definition) is 3. The highest BCUT2D eigenvalue weighted by Crippen LogP contribution is 2.18. The Bertz CT molecular complexity index is 531. The number of nitrogens with zero attached hydrogens (tertiary/aromatic N) is 1. The monoisotopic (exact) mass is 322 g/mol. The van der Waals surface area contributed by atoms with Crippen LogP contribution < -0.4 is 10.1 Å². The third-order valence-corrected chi connectivity index (χ3v) is 3.37. The van der Waals surface area contributed by atoms with Gasteiger partial charge in [-0.2, -0.15) is 0 Å². The molecule has 1 aromatic rings. The molecule has 0 aromatic heterocycles. The van der Waals surface area contributed by atoms with E-state index in [0.717, 1.165) is 6.42 Å². The first-order chi connectivity index (χ1) is 10.8. The van der Waals surface area contributed by atoms with Crippen LogP contribution in [0.3, 0.4) is 0 Å². The Morgan fingerprint density at radius 2 is 2.00 bits per heavy atom. The summed E-state index contributed by atoms with van der Waals surface area (Å²) in [6.45, 7) is 6.61. The summed E-state index contributed by atoms with van der Waals surface area (Å²) in [6, 6.07) is 6.82. The van der Waals surface area contributed by atoms with Gasteiger partial charge in [0.1, 0.15) is 5.75 Å². The van der Waals surface area contributed by atoms with Crippen molar-refractivity contribution in [3.63, 3.8) is 0 Å². The molecular weight excluding hydrogens is 296 g/mol. The highest BCUT2D eigenvalue weighted by atomic mass is 16.5. The van der Waals surface area contributed by atoms with Crippen molar-refractivity contribution in [2.24, 2.45) is 11.8 Å². The van der Waals surface area contributed by atoms with Crippen molar-refractivity contribution in [2.45, 2.75) is 27.2 Å². The lowest BCUT2D eigenvalue weighted by molar-refractivity contribution is -0.141. The second-order valence-corrected chi connectivity index (χ2v) is 6.11. The number of ether oxygens (including phenoxy) is 1. The Labute approximate surface area is 137 Å². The fourth-order valence-corrected chi connectivity index (χ4v) is 1.87. The fourth-order valence-electron chi connectivity index (χ4n) is 1.87. The topological polar surface area (TPSA) is 78.9 Å². The van der Waals surface area contributed by atoms with Gasteiger partial charge < -0.3 is 20.1 Å². The first-order valence-electron chi connectivity index (χ1n) is 7.77. The van der Waals surface area contributed by atoms with Crippen molar-refractivity contribution in [3.05, 3.63) is 24.3 Å². The van der Waals surface area contributed by atoms with Crippen molar-refractivity contribution in [1.82, 2.24) is 4.90 Å². The zero-order chi connectivity index (χ0) is 17.4. The lowest BCUT2D eigenvalue weighted by Gasteiger charge is -2.20. The molecule has 0 saturated heterocycles. The van der Waals surface area contributed by atoms with E-state index in [2.05, 4.69) is 19.2 Å². The summed E-state index contributed by atoms with van der Waals surface area (Å²) < 4.78 is 5.65. The molecule has 2 N–H and O–H groups in total. The Kier molecular flexibility index (Phi) is 7.38. The Balaban J connectivity index is 2.55. The molecule has 128 valence electrons. The van der Waals surface area contributed by atoms with Crippen LogP contribution in [0, 0.1) is 11.8 Å². The molecule has 6 heteroatoms. The van der Waals surface area contributed by atoms with Crippen LogP contribution in [0.4, 0.5) is 10.5 Å². The molecule has 0 aliphatic carbocycles. The molecular formula is C17H26N2O4. The Morgan fingerprint density at radius 3 is 2.61 bits per heavy atom. The van der Waals surface area contributed by atoms with Crippen LogP contribution in [-0.2, 0) is 4.79 Å². The quantitative estimate of drug-likeness (QED) is 0.769. The first-order valence-corrected chi connectivity index (χ1v) is 7.77. The maximum absolute atomic E-state index is 12.1. The standard InChI is InChI=1S/C17H26N2O4/c1-12(2)8-9-23-15-7-5-6-14(10-15)18-17(22)19(4)11-13(3)16(20)21/h5-7,10,12-13H,8-9,11H2,1-4H3,(H,18,22)(H,20,21). The molecule has 1 aromatic carbocycles. The maximum atomic E-state index is 12.1. The number of carboxylic acid groups (broad SMARTS) is 1. The second-order valence-electron chi connectivity index (χ2n) is 6.11. The average Bonchev–Trinajstić information content (AvgIpc) is 2.46. The number of hydrogen-bond donors (Lipinski definition) is 2. The number of amides is 2. The minimum absolute atomic E-state index is 0.145. The van der Waals surface area contributed by atoms with Crippen LogP contribution in [0.2, 0.25) is 0 Å². The van der Waals surface area contributed by atoms with Crippen molar-refractivity contribution in [1.29, 1.82) is 0 Å². The lowest BCUT2D eigenvalue weighted by atomic mass is 10.1. The molecule has 0 aliphatic rings.